The lowest BCUT2D eigenvalue weighted by Gasteiger charge is -2.17. The van der Waals surface area contributed by atoms with Gasteiger partial charge < -0.3 is 4.57 Å². The molecule has 3 heteroatoms. The number of fused-ring (bicyclic) bond motifs is 7. The maximum Gasteiger partial charge on any atom is 0.137 e. The standard InChI is InChI=1S/C29H23N3/c1-3-4-10-20(2)21-11-9-12-22(19-21)32-24-14-6-5-13-23(24)28-25(32)16-17-26-29(28)30-27-15-7-8-18-31(26)27/h3-8,10,12-19H,1-2,9,11H2/b10-4-. The van der Waals surface area contributed by atoms with Crippen LogP contribution in [0.5, 0.6) is 0 Å². The molecule has 0 spiro atoms. The lowest BCUT2D eigenvalue weighted by Crippen LogP contribution is -2.01. The summed E-state index contributed by atoms with van der Waals surface area (Å²) in [5.74, 6) is 0. The summed E-state index contributed by atoms with van der Waals surface area (Å²) in [7, 11) is 0. The van der Waals surface area contributed by atoms with E-state index in [2.05, 4.69) is 89.0 Å². The first-order valence-electron chi connectivity index (χ1n) is 10.9. The zero-order valence-corrected chi connectivity index (χ0v) is 17.8. The molecular weight excluding hydrogens is 390 g/mol. The van der Waals surface area contributed by atoms with Crippen LogP contribution < -0.4 is 0 Å². The highest BCUT2D eigenvalue weighted by Gasteiger charge is 2.19. The van der Waals surface area contributed by atoms with Gasteiger partial charge >= 0.3 is 0 Å². The Morgan fingerprint density at radius 3 is 2.72 bits per heavy atom. The van der Waals surface area contributed by atoms with E-state index in [9.17, 15) is 0 Å². The number of nitrogens with zero attached hydrogens (tertiary/aromatic N) is 3. The molecule has 0 aliphatic heterocycles. The molecule has 0 atom stereocenters. The number of hydrogen-bond donors (Lipinski definition) is 0. The second kappa shape index (κ2) is 7.24. The van der Waals surface area contributed by atoms with Crippen LogP contribution in [0.15, 0.2) is 115 Å². The molecule has 0 saturated carbocycles. The van der Waals surface area contributed by atoms with Crippen LogP contribution in [0.1, 0.15) is 12.8 Å². The molecule has 32 heavy (non-hydrogen) atoms. The second-order valence-electron chi connectivity index (χ2n) is 8.18. The molecule has 5 aromatic rings. The Bertz CT molecular complexity index is 1650. The number of allylic oxidation sites excluding steroid dienone is 8. The van der Waals surface area contributed by atoms with Crippen molar-refractivity contribution in [1.82, 2.24) is 14.0 Å². The molecule has 0 bridgehead atoms. The van der Waals surface area contributed by atoms with Crippen LogP contribution in [0.4, 0.5) is 0 Å². The van der Waals surface area contributed by atoms with E-state index in [-0.39, 0.29) is 0 Å². The summed E-state index contributed by atoms with van der Waals surface area (Å²) >= 11 is 0. The Kier molecular flexibility index (Phi) is 4.22. The highest BCUT2D eigenvalue weighted by Crippen LogP contribution is 2.38. The van der Waals surface area contributed by atoms with E-state index in [1.165, 1.54) is 33.1 Å². The smallest absolute Gasteiger partial charge is 0.137 e. The third-order valence-electron chi connectivity index (χ3n) is 6.31. The molecule has 0 N–H and O–H groups in total. The number of aromatic nitrogens is 3. The van der Waals surface area contributed by atoms with Crippen LogP contribution in [0.2, 0.25) is 0 Å². The summed E-state index contributed by atoms with van der Waals surface area (Å²) < 4.78 is 4.53. The molecule has 1 aliphatic rings. The predicted octanol–water partition coefficient (Wildman–Crippen LogP) is 7.45. The van der Waals surface area contributed by atoms with Crippen LogP contribution in [-0.4, -0.2) is 14.0 Å². The van der Waals surface area contributed by atoms with Crippen molar-refractivity contribution < 1.29 is 0 Å². The maximum absolute atomic E-state index is 5.01. The van der Waals surface area contributed by atoms with Gasteiger partial charge in [-0.25, -0.2) is 4.98 Å². The molecule has 0 fully saturated rings. The fraction of sp³-hybridized carbons (Fsp3) is 0.0690. The molecule has 0 saturated heterocycles. The summed E-state index contributed by atoms with van der Waals surface area (Å²) in [4.78, 5) is 5.01. The fourth-order valence-electron chi connectivity index (χ4n) is 4.85. The molecule has 0 unspecified atom stereocenters. The monoisotopic (exact) mass is 413 g/mol. The Labute approximate surface area is 186 Å². The van der Waals surface area contributed by atoms with Crippen LogP contribution in [-0.2, 0) is 0 Å². The molecule has 3 nitrogen and oxygen atoms in total. The molecule has 1 aliphatic carbocycles. The van der Waals surface area contributed by atoms with E-state index in [0.29, 0.717) is 0 Å². The van der Waals surface area contributed by atoms with E-state index >= 15 is 0 Å². The number of hydrogen-bond acceptors (Lipinski definition) is 1. The molecular formula is C29H23N3. The van der Waals surface area contributed by atoms with Crippen molar-refractivity contribution in [2.75, 3.05) is 0 Å². The van der Waals surface area contributed by atoms with Gasteiger partial charge in [0.2, 0.25) is 0 Å². The topological polar surface area (TPSA) is 22.2 Å². The van der Waals surface area contributed by atoms with Crippen molar-refractivity contribution in [2.24, 2.45) is 0 Å². The van der Waals surface area contributed by atoms with Gasteiger partial charge in [0.15, 0.2) is 0 Å². The number of benzene rings is 2. The van der Waals surface area contributed by atoms with Gasteiger partial charge in [0.25, 0.3) is 0 Å². The minimum Gasteiger partial charge on any atom is -0.309 e. The van der Waals surface area contributed by atoms with E-state index in [0.717, 1.165) is 35.1 Å². The average Bonchev–Trinajstić information content (AvgIpc) is 3.38. The highest BCUT2D eigenvalue weighted by atomic mass is 15.0. The Hall–Kier alpha value is -4.11. The molecule has 6 rings (SSSR count). The number of rotatable bonds is 4. The highest BCUT2D eigenvalue weighted by molar-refractivity contribution is 6.20. The fourth-order valence-corrected chi connectivity index (χ4v) is 4.85. The van der Waals surface area contributed by atoms with Crippen LogP contribution >= 0.6 is 0 Å². The number of para-hydroxylation sites is 1. The largest absolute Gasteiger partial charge is 0.309 e. The lowest BCUT2D eigenvalue weighted by molar-refractivity contribution is 0.967. The van der Waals surface area contributed by atoms with E-state index < -0.39 is 0 Å². The molecule has 0 amide bonds. The van der Waals surface area contributed by atoms with Crippen molar-refractivity contribution in [3.8, 4) is 0 Å². The molecule has 3 heterocycles. The summed E-state index contributed by atoms with van der Waals surface area (Å²) in [6.45, 7) is 8.04. The third kappa shape index (κ3) is 2.71. The minimum atomic E-state index is 0.969. The first-order valence-corrected chi connectivity index (χ1v) is 10.9. The molecule has 154 valence electrons. The van der Waals surface area contributed by atoms with E-state index in [4.69, 9.17) is 4.98 Å². The molecule has 2 aromatic carbocycles. The maximum atomic E-state index is 5.01. The SMILES string of the molecule is C=C/C=C\C(=C)C1=CC(n2c3ccccc3c3c4nc5ccccn5c4ccc32)=CCC1. The second-order valence-corrected chi connectivity index (χ2v) is 8.18. The van der Waals surface area contributed by atoms with Gasteiger partial charge in [-0.3, -0.25) is 4.40 Å². The van der Waals surface area contributed by atoms with Gasteiger partial charge in [-0.1, -0.05) is 61.7 Å². The average molecular weight is 414 g/mol. The summed E-state index contributed by atoms with van der Waals surface area (Å²) in [5.41, 5.74) is 9.01. The number of imidazole rings is 1. The van der Waals surface area contributed by atoms with Gasteiger partial charge in [0, 0.05) is 22.7 Å². The number of pyridine rings is 1. The van der Waals surface area contributed by atoms with Crippen molar-refractivity contribution in [3.63, 3.8) is 0 Å². The van der Waals surface area contributed by atoms with Crippen molar-refractivity contribution in [1.29, 1.82) is 0 Å². The van der Waals surface area contributed by atoms with Gasteiger partial charge in [-0.15, -0.1) is 0 Å². The lowest BCUT2D eigenvalue weighted by atomic mass is 9.96. The first kappa shape index (κ1) is 18.6. The summed E-state index contributed by atoms with van der Waals surface area (Å²) in [6, 6.07) is 19.2. The Balaban J connectivity index is 1.65. The normalized spacial score (nSPS) is 14.5. The predicted molar refractivity (Wildman–Crippen MR) is 136 cm³/mol. The van der Waals surface area contributed by atoms with Gasteiger partial charge in [0.1, 0.15) is 5.65 Å². The zero-order chi connectivity index (χ0) is 21.7. The van der Waals surface area contributed by atoms with Gasteiger partial charge in [-0.2, -0.15) is 0 Å². The van der Waals surface area contributed by atoms with Gasteiger partial charge in [0.05, 0.1) is 22.1 Å². The Morgan fingerprint density at radius 2 is 1.81 bits per heavy atom. The third-order valence-corrected chi connectivity index (χ3v) is 6.31. The van der Waals surface area contributed by atoms with Crippen LogP contribution in [0.25, 0.3) is 44.2 Å². The summed E-state index contributed by atoms with van der Waals surface area (Å²) in [6.07, 6.45) is 14.4. The molecule has 0 radical (unpaired) electrons. The van der Waals surface area contributed by atoms with Crippen molar-refractivity contribution in [2.45, 2.75) is 12.8 Å². The van der Waals surface area contributed by atoms with E-state index in [1.807, 2.05) is 18.2 Å². The minimum absolute atomic E-state index is 0.969. The van der Waals surface area contributed by atoms with Crippen LogP contribution in [0.3, 0.4) is 0 Å². The molecule has 3 aromatic heterocycles. The van der Waals surface area contributed by atoms with E-state index in [1.54, 1.807) is 6.08 Å². The quantitative estimate of drug-likeness (QED) is 0.280. The summed E-state index contributed by atoms with van der Waals surface area (Å²) in [5, 5.41) is 2.43. The van der Waals surface area contributed by atoms with Gasteiger partial charge in [-0.05, 0) is 60.4 Å². The van der Waals surface area contributed by atoms with Crippen molar-refractivity contribution in [3.05, 3.63) is 115 Å². The van der Waals surface area contributed by atoms with Crippen LogP contribution in [0, 0.1) is 0 Å². The first-order chi connectivity index (χ1) is 15.8. The Morgan fingerprint density at radius 1 is 0.969 bits per heavy atom. The van der Waals surface area contributed by atoms with Crippen molar-refractivity contribution >= 4 is 44.2 Å². The zero-order valence-electron chi connectivity index (χ0n) is 17.8.